The molecule has 0 saturated heterocycles. The number of benzene rings is 1. The Bertz CT molecular complexity index is 954. The summed E-state index contributed by atoms with van der Waals surface area (Å²) in [7, 11) is 0. The molecule has 0 amide bonds. The molecule has 0 fully saturated rings. The largest absolute Gasteiger partial charge is 0.229 e. The third kappa shape index (κ3) is 3.96. The molecular formula is C18H13FN4S2. The van der Waals surface area contributed by atoms with Crippen LogP contribution in [0.15, 0.2) is 41.0 Å². The highest BCUT2D eigenvalue weighted by Gasteiger charge is 2.15. The molecule has 0 spiro atoms. The smallest absolute Gasteiger partial charge is 0.128 e. The Hall–Kier alpha value is -2.48. The van der Waals surface area contributed by atoms with Gasteiger partial charge in [0.15, 0.2) is 0 Å². The number of hydrogen-bond donors (Lipinski definition) is 0. The summed E-state index contributed by atoms with van der Waals surface area (Å²) < 4.78 is 13.2. The van der Waals surface area contributed by atoms with Crippen LogP contribution in [0.1, 0.15) is 12.8 Å². The predicted octanol–water partition coefficient (Wildman–Crippen LogP) is 5.03. The lowest BCUT2D eigenvalue weighted by molar-refractivity contribution is 0.628. The number of rotatable bonds is 6. The summed E-state index contributed by atoms with van der Waals surface area (Å²) in [6, 6.07) is 10.7. The van der Waals surface area contributed by atoms with E-state index in [1.54, 1.807) is 12.1 Å². The Morgan fingerprint density at radius 3 is 2.72 bits per heavy atom. The van der Waals surface area contributed by atoms with Gasteiger partial charge in [-0.15, -0.1) is 23.1 Å². The third-order valence-electron chi connectivity index (χ3n) is 3.70. The van der Waals surface area contributed by atoms with E-state index in [1.807, 2.05) is 5.38 Å². The van der Waals surface area contributed by atoms with Crippen molar-refractivity contribution >= 4 is 33.3 Å². The van der Waals surface area contributed by atoms with E-state index in [0.29, 0.717) is 18.6 Å². The Balaban J connectivity index is 1.91. The molecular weight excluding hydrogens is 355 g/mol. The molecule has 25 heavy (non-hydrogen) atoms. The zero-order chi connectivity index (χ0) is 17.6. The summed E-state index contributed by atoms with van der Waals surface area (Å²) in [6.45, 7) is 0. The van der Waals surface area contributed by atoms with Crippen LogP contribution in [0, 0.1) is 34.4 Å². The summed E-state index contributed by atoms with van der Waals surface area (Å²) in [5.41, 5.74) is 1.87. The number of nitriles is 2. The highest BCUT2D eigenvalue weighted by atomic mass is 32.2. The second kappa shape index (κ2) is 8.06. The predicted molar refractivity (Wildman–Crippen MR) is 97.5 cm³/mol. The second-order valence-corrected chi connectivity index (χ2v) is 7.22. The standard InChI is InChI=1S/C18H13FN4S2/c19-14-5-3-13(4-6-14)15-10-25-18-16(15)17(22-11-23-18)24-9-12(8-21)2-1-7-20/h3-6,10-12H,1-2,9H2/t12-/m0/s1. The number of fused-ring (bicyclic) bond motifs is 1. The monoisotopic (exact) mass is 368 g/mol. The molecule has 1 aromatic carbocycles. The number of thioether (sulfide) groups is 1. The topological polar surface area (TPSA) is 73.4 Å². The molecule has 0 aliphatic carbocycles. The van der Waals surface area contributed by atoms with Crippen molar-refractivity contribution < 1.29 is 4.39 Å². The molecule has 0 aliphatic heterocycles. The molecule has 3 rings (SSSR count). The minimum Gasteiger partial charge on any atom is -0.229 e. The molecule has 4 nitrogen and oxygen atoms in total. The zero-order valence-corrected chi connectivity index (χ0v) is 14.8. The molecule has 1 atom stereocenters. The first-order valence-corrected chi connectivity index (χ1v) is 9.47. The molecule has 2 heterocycles. The van der Waals surface area contributed by atoms with Crippen molar-refractivity contribution in [3.63, 3.8) is 0 Å². The Morgan fingerprint density at radius 2 is 2.00 bits per heavy atom. The van der Waals surface area contributed by atoms with Crippen LogP contribution >= 0.6 is 23.1 Å². The fraction of sp³-hybridized carbons (Fsp3) is 0.222. The van der Waals surface area contributed by atoms with Gasteiger partial charge in [-0.2, -0.15) is 10.5 Å². The quantitative estimate of drug-likeness (QED) is 0.450. The fourth-order valence-corrected chi connectivity index (χ4v) is 4.46. The minimum absolute atomic E-state index is 0.192. The summed E-state index contributed by atoms with van der Waals surface area (Å²) in [4.78, 5) is 9.56. The lowest BCUT2D eigenvalue weighted by Gasteiger charge is -2.08. The van der Waals surface area contributed by atoms with Crippen molar-refractivity contribution in [2.75, 3.05) is 5.75 Å². The Labute approximate surface area is 153 Å². The molecule has 2 aromatic heterocycles. The van der Waals surface area contributed by atoms with Gasteiger partial charge in [0.2, 0.25) is 0 Å². The van der Waals surface area contributed by atoms with Gasteiger partial charge >= 0.3 is 0 Å². The van der Waals surface area contributed by atoms with Gasteiger partial charge in [-0.3, -0.25) is 0 Å². The third-order valence-corrected chi connectivity index (χ3v) is 5.74. The van der Waals surface area contributed by atoms with Crippen LogP contribution in [-0.4, -0.2) is 15.7 Å². The van der Waals surface area contributed by atoms with Crippen molar-refractivity contribution in [2.45, 2.75) is 17.9 Å². The molecule has 0 radical (unpaired) electrons. The first-order valence-electron chi connectivity index (χ1n) is 7.60. The molecule has 0 saturated carbocycles. The van der Waals surface area contributed by atoms with Crippen LogP contribution in [-0.2, 0) is 0 Å². The van der Waals surface area contributed by atoms with Crippen LogP contribution in [0.25, 0.3) is 21.3 Å². The van der Waals surface area contributed by atoms with E-state index in [9.17, 15) is 9.65 Å². The fourth-order valence-electron chi connectivity index (χ4n) is 2.40. The van der Waals surface area contributed by atoms with E-state index in [-0.39, 0.29) is 11.7 Å². The molecule has 0 aliphatic rings. The van der Waals surface area contributed by atoms with E-state index in [1.165, 1.54) is 41.6 Å². The van der Waals surface area contributed by atoms with E-state index in [4.69, 9.17) is 5.26 Å². The number of thiophene rings is 1. The highest BCUT2D eigenvalue weighted by Crippen LogP contribution is 2.38. The van der Waals surface area contributed by atoms with Gasteiger partial charge in [-0.1, -0.05) is 12.1 Å². The summed E-state index contributed by atoms with van der Waals surface area (Å²) in [5.74, 6) is 0.106. The number of hydrogen-bond acceptors (Lipinski definition) is 6. The lowest BCUT2D eigenvalue weighted by Crippen LogP contribution is -2.00. The van der Waals surface area contributed by atoms with Crippen molar-refractivity contribution in [1.82, 2.24) is 9.97 Å². The number of aromatic nitrogens is 2. The van der Waals surface area contributed by atoms with Crippen molar-refractivity contribution in [3.8, 4) is 23.3 Å². The Morgan fingerprint density at radius 1 is 1.20 bits per heavy atom. The molecule has 0 N–H and O–H groups in total. The molecule has 7 heteroatoms. The van der Waals surface area contributed by atoms with Crippen LogP contribution < -0.4 is 0 Å². The maximum Gasteiger partial charge on any atom is 0.128 e. The van der Waals surface area contributed by atoms with Gasteiger partial charge in [-0.05, 0) is 24.1 Å². The summed E-state index contributed by atoms with van der Waals surface area (Å²) in [6.07, 6.45) is 2.45. The van der Waals surface area contributed by atoms with Crippen LogP contribution in [0.5, 0.6) is 0 Å². The number of nitrogens with zero attached hydrogens (tertiary/aromatic N) is 4. The normalized spacial score (nSPS) is 11.8. The van der Waals surface area contributed by atoms with Crippen molar-refractivity contribution in [3.05, 3.63) is 41.8 Å². The second-order valence-electron chi connectivity index (χ2n) is 5.35. The van der Waals surface area contributed by atoms with E-state index in [2.05, 4.69) is 22.1 Å². The van der Waals surface area contributed by atoms with Crippen LogP contribution in [0.4, 0.5) is 4.39 Å². The molecule has 3 aromatic rings. The average molecular weight is 368 g/mol. The first-order chi connectivity index (χ1) is 12.2. The van der Waals surface area contributed by atoms with E-state index < -0.39 is 0 Å². The molecule has 0 bridgehead atoms. The van der Waals surface area contributed by atoms with Gasteiger partial charge in [0, 0.05) is 23.1 Å². The van der Waals surface area contributed by atoms with Crippen LogP contribution in [0.2, 0.25) is 0 Å². The van der Waals surface area contributed by atoms with Crippen molar-refractivity contribution in [2.24, 2.45) is 5.92 Å². The van der Waals surface area contributed by atoms with Gasteiger partial charge in [-0.25, -0.2) is 14.4 Å². The van der Waals surface area contributed by atoms with Crippen molar-refractivity contribution in [1.29, 1.82) is 10.5 Å². The lowest BCUT2D eigenvalue weighted by atomic mass is 10.1. The first kappa shape index (κ1) is 17.3. The average Bonchev–Trinajstić information content (AvgIpc) is 3.07. The molecule has 0 unspecified atom stereocenters. The zero-order valence-electron chi connectivity index (χ0n) is 13.1. The summed E-state index contributed by atoms with van der Waals surface area (Å²) >= 11 is 3.01. The SMILES string of the molecule is N#CCC[C@@H](C#N)CSc1ncnc2scc(-c3ccc(F)cc3)c12. The van der Waals surface area contributed by atoms with Crippen LogP contribution in [0.3, 0.4) is 0 Å². The van der Waals surface area contributed by atoms with E-state index in [0.717, 1.165) is 26.4 Å². The van der Waals surface area contributed by atoms with Gasteiger partial charge in [0.1, 0.15) is 22.0 Å². The highest BCUT2D eigenvalue weighted by molar-refractivity contribution is 7.99. The minimum atomic E-state index is -0.275. The van der Waals surface area contributed by atoms with Gasteiger partial charge in [0.05, 0.1) is 23.4 Å². The Kier molecular flexibility index (Phi) is 5.60. The summed E-state index contributed by atoms with van der Waals surface area (Å²) in [5, 5.41) is 21.6. The van der Waals surface area contributed by atoms with Gasteiger partial charge in [0.25, 0.3) is 0 Å². The van der Waals surface area contributed by atoms with Gasteiger partial charge < -0.3 is 0 Å². The van der Waals surface area contributed by atoms with E-state index >= 15 is 0 Å². The number of halogens is 1. The maximum absolute atomic E-state index is 13.2. The molecule has 124 valence electrons. The maximum atomic E-state index is 13.2.